The van der Waals surface area contributed by atoms with Crippen LogP contribution in [0.15, 0.2) is 163 Å². The third-order valence-electron chi connectivity index (χ3n) is 14.2. The zero-order valence-electron chi connectivity index (χ0n) is 35.2. The van der Waals surface area contributed by atoms with Gasteiger partial charge in [-0.1, -0.05) is 119 Å². The number of aryl methyl sites for hydroxylation is 2. The summed E-state index contributed by atoms with van der Waals surface area (Å²) in [5, 5.41) is 2.49. The number of hydrogen-bond acceptors (Lipinski definition) is 6. The lowest BCUT2D eigenvalue weighted by Gasteiger charge is -2.51. The first-order valence-corrected chi connectivity index (χ1v) is 22.1. The van der Waals surface area contributed by atoms with E-state index in [-0.39, 0.29) is 17.7 Å². The van der Waals surface area contributed by atoms with Crippen molar-refractivity contribution in [3.63, 3.8) is 0 Å². The first-order chi connectivity index (χ1) is 30.1. The summed E-state index contributed by atoms with van der Waals surface area (Å²) in [6, 6.07) is 58.7. The maximum absolute atomic E-state index is 5.53. The summed E-state index contributed by atoms with van der Waals surface area (Å²) < 4.78 is 0. The van der Waals surface area contributed by atoms with Gasteiger partial charge in [-0.3, -0.25) is 9.80 Å². The van der Waals surface area contributed by atoms with Crippen molar-refractivity contribution in [3.05, 3.63) is 186 Å². The highest BCUT2D eigenvalue weighted by Crippen LogP contribution is 2.65. The van der Waals surface area contributed by atoms with Crippen LogP contribution >= 0.6 is 0 Å². The minimum Gasteiger partial charge on any atom is -0.314 e. The van der Waals surface area contributed by atoms with Crippen molar-refractivity contribution in [1.82, 2.24) is 9.97 Å². The highest BCUT2D eigenvalue weighted by molar-refractivity contribution is 6.09. The lowest BCUT2D eigenvalue weighted by atomic mass is 9.64. The second-order valence-electron chi connectivity index (χ2n) is 17.0. The summed E-state index contributed by atoms with van der Waals surface area (Å²) in [7, 11) is 0. The molecule has 0 bridgehead atoms. The molecule has 2 atom stereocenters. The number of benzene rings is 7. The van der Waals surface area contributed by atoms with Crippen LogP contribution in [0.1, 0.15) is 62.8 Å². The SMILES string of the molecule is CCc1ccc(N2c3cc4ccccc4cc3N3c4ccc(CC)cc4/C(=C4/C5N(c6ccccc6)c6nc7ccccc7nc6N5c5ccccc5C4(CC)CC)C23)cc1. The zero-order valence-corrected chi connectivity index (χ0v) is 35.2. The predicted octanol–water partition coefficient (Wildman–Crippen LogP) is 13.7. The molecule has 0 fully saturated rings. The number of anilines is 8. The van der Waals surface area contributed by atoms with Crippen molar-refractivity contribution in [2.75, 3.05) is 19.6 Å². The van der Waals surface area contributed by atoms with E-state index >= 15 is 0 Å². The van der Waals surface area contributed by atoms with Gasteiger partial charge in [0.15, 0.2) is 11.6 Å². The molecule has 0 N–H and O–H groups in total. The van der Waals surface area contributed by atoms with Gasteiger partial charge in [0.25, 0.3) is 0 Å². The third kappa shape index (κ3) is 4.96. The summed E-state index contributed by atoms with van der Waals surface area (Å²) in [6.45, 7) is 9.33. The number of aromatic nitrogens is 2. The minimum atomic E-state index is -0.325. The van der Waals surface area contributed by atoms with E-state index in [0.29, 0.717) is 0 Å². The van der Waals surface area contributed by atoms with Gasteiger partial charge in [-0.25, -0.2) is 9.97 Å². The number of nitrogens with zero attached hydrogens (tertiary/aromatic N) is 6. The molecule has 0 saturated heterocycles. The van der Waals surface area contributed by atoms with Crippen LogP contribution in [0.4, 0.5) is 45.8 Å². The van der Waals surface area contributed by atoms with Crippen molar-refractivity contribution in [1.29, 1.82) is 0 Å². The summed E-state index contributed by atoms with van der Waals surface area (Å²) in [5.74, 6) is 1.78. The molecular formula is C55H48N6. The molecule has 0 aliphatic carbocycles. The third-order valence-corrected chi connectivity index (χ3v) is 14.2. The molecule has 0 spiro atoms. The Hall–Kier alpha value is -6.92. The molecule has 4 aliphatic heterocycles. The Bertz CT molecular complexity index is 3040. The molecule has 2 unspecified atom stereocenters. The molecular weight excluding hydrogens is 745 g/mol. The van der Waals surface area contributed by atoms with Crippen molar-refractivity contribution >= 4 is 73.1 Å². The van der Waals surface area contributed by atoms with E-state index in [4.69, 9.17) is 9.97 Å². The van der Waals surface area contributed by atoms with E-state index < -0.39 is 0 Å². The van der Waals surface area contributed by atoms with Crippen LogP contribution in [0.3, 0.4) is 0 Å². The largest absolute Gasteiger partial charge is 0.314 e. The molecule has 1 aromatic heterocycles. The van der Waals surface area contributed by atoms with Gasteiger partial charge in [0.1, 0.15) is 12.3 Å². The number of hydrogen-bond donors (Lipinski definition) is 0. The molecule has 5 heterocycles. The van der Waals surface area contributed by atoms with Gasteiger partial charge in [0.2, 0.25) is 0 Å². The summed E-state index contributed by atoms with van der Waals surface area (Å²) in [4.78, 5) is 21.4. The zero-order chi connectivity index (χ0) is 41.0. The van der Waals surface area contributed by atoms with Crippen LogP contribution in [0.25, 0.3) is 27.4 Å². The Morgan fingerprint density at radius 2 is 1.03 bits per heavy atom. The average Bonchev–Trinajstić information content (AvgIpc) is 3.94. The van der Waals surface area contributed by atoms with E-state index in [9.17, 15) is 0 Å². The monoisotopic (exact) mass is 792 g/mol. The van der Waals surface area contributed by atoms with Crippen molar-refractivity contribution in [2.24, 2.45) is 0 Å². The second kappa shape index (κ2) is 13.5. The average molecular weight is 793 g/mol. The molecule has 8 aromatic rings. The summed E-state index contributed by atoms with van der Waals surface area (Å²) in [5.41, 5.74) is 16.8. The second-order valence-corrected chi connectivity index (χ2v) is 17.0. The number of para-hydroxylation sites is 4. The van der Waals surface area contributed by atoms with E-state index in [2.05, 4.69) is 205 Å². The van der Waals surface area contributed by atoms with E-state index in [1.54, 1.807) is 0 Å². The molecule has 61 heavy (non-hydrogen) atoms. The fraction of sp³-hybridized carbons (Fsp3) is 0.200. The Kier molecular flexibility index (Phi) is 7.99. The molecule has 7 aromatic carbocycles. The fourth-order valence-corrected chi connectivity index (χ4v) is 11.2. The smallest absolute Gasteiger partial charge is 0.179 e. The molecule has 0 amide bonds. The lowest BCUT2D eigenvalue weighted by molar-refractivity contribution is 0.423. The Morgan fingerprint density at radius 1 is 0.459 bits per heavy atom. The molecule has 6 nitrogen and oxygen atoms in total. The van der Waals surface area contributed by atoms with Crippen LogP contribution in [-0.4, -0.2) is 22.3 Å². The van der Waals surface area contributed by atoms with Crippen LogP contribution in [0, 0.1) is 0 Å². The molecule has 298 valence electrons. The summed E-state index contributed by atoms with van der Waals surface area (Å²) in [6.07, 6.45) is 3.42. The van der Waals surface area contributed by atoms with Gasteiger partial charge < -0.3 is 9.80 Å². The van der Waals surface area contributed by atoms with Gasteiger partial charge in [0, 0.05) is 33.6 Å². The first-order valence-electron chi connectivity index (χ1n) is 22.1. The minimum absolute atomic E-state index is 0.151. The van der Waals surface area contributed by atoms with Crippen molar-refractivity contribution in [2.45, 2.75) is 71.1 Å². The van der Waals surface area contributed by atoms with Gasteiger partial charge in [-0.05, 0) is 125 Å². The quantitative estimate of drug-likeness (QED) is 0.167. The van der Waals surface area contributed by atoms with E-state index in [1.807, 2.05) is 0 Å². The predicted molar refractivity (Wildman–Crippen MR) is 253 cm³/mol. The molecule has 12 rings (SSSR count). The topological polar surface area (TPSA) is 38.7 Å². The van der Waals surface area contributed by atoms with Gasteiger partial charge in [-0.2, -0.15) is 0 Å². The van der Waals surface area contributed by atoms with Crippen LogP contribution < -0.4 is 19.6 Å². The van der Waals surface area contributed by atoms with E-state index in [1.165, 1.54) is 72.6 Å². The van der Waals surface area contributed by atoms with Gasteiger partial charge in [-0.15, -0.1) is 0 Å². The lowest BCUT2D eigenvalue weighted by Crippen LogP contribution is -2.53. The van der Waals surface area contributed by atoms with Crippen molar-refractivity contribution in [3.8, 4) is 0 Å². The molecule has 0 saturated carbocycles. The molecule has 0 radical (unpaired) electrons. The van der Waals surface area contributed by atoms with Gasteiger partial charge >= 0.3 is 0 Å². The maximum Gasteiger partial charge on any atom is 0.179 e. The highest BCUT2D eigenvalue weighted by Gasteiger charge is 2.58. The fourth-order valence-electron chi connectivity index (χ4n) is 11.2. The first kappa shape index (κ1) is 36.0. The molecule has 4 aliphatic rings. The standard InChI is InChI=1S/C55H48N6/c1-5-35-26-29-40(30-27-35)58-47-33-37-18-12-13-19-38(37)34-48(47)60-45-31-28-36(6-2)32-41(45)49(53(58)60)50-54-59(39-20-10-9-11-21-39)51-52(57-44-24-16-15-23-43(44)56-51)61(54)46-25-17-14-22-42(46)55(50,7-3)8-4/h9-34,53-54H,5-8H2,1-4H3/b50-49+. The highest BCUT2D eigenvalue weighted by atomic mass is 15.5. The van der Waals surface area contributed by atoms with Crippen LogP contribution in [-0.2, 0) is 18.3 Å². The maximum atomic E-state index is 5.53. The van der Waals surface area contributed by atoms with E-state index in [0.717, 1.165) is 54.0 Å². The Labute approximate surface area is 358 Å². The van der Waals surface area contributed by atoms with Crippen LogP contribution in [0.2, 0.25) is 0 Å². The van der Waals surface area contributed by atoms with Gasteiger partial charge in [0.05, 0.1) is 28.1 Å². The number of rotatable bonds is 6. The summed E-state index contributed by atoms with van der Waals surface area (Å²) >= 11 is 0. The molecule has 6 heteroatoms. The number of fused-ring (bicyclic) bond motifs is 12. The normalized spacial score (nSPS) is 19.2. The Balaban J connectivity index is 1.25. The van der Waals surface area contributed by atoms with Crippen molar-refractivity contribution < 1.29 is 0 Å². The van der Waals surface area contributed by atoms with Crippen LogP contribution in [0.5, 0.6) is 0 Å². The Morgan fingerprint density at radius 3 is 1.70 bits per heavy atom.